The Balaban J connectivity index is 2.26. The first-order chi connectivity index (χ1) is 9.70. The molecule has 2 atom stereocenters. The van der Waals surface area contributed by atoms with E-state index >= 15 is 0 Å². The van der Waals surface area contributed by atoms with Crippen molar-refractivity contribution in [2.75, 3.05) is 6.26 Å². The van der Waals surface area contributed by atoms with E-state index in [-0.39, 0.29) is 5.75 Å². The van der Waals surface area contributed by atoms with Gasteiger partial charge in [-0.15, -0.1) is 0 Å². The van der Waals surface area contributed by atoms with Crippen molar-refractivity contribution in [3.63, 3.8) is 0 Å². The molecule has 0 aromatic heterocycles. The van der Waals surface area contributed by atoms with Crippen LogP contribution in [0.3, 0.4) is 0 Å². The number of benzene rings is 1. The normalized spacial score (nSPS) is 23.9. The Bertz CT molecular complexity index is 693. The second-order valence-corrected chi connectivity index (χ2v) is 10.5. The van der Waals surface area contributed by atoms with Gasteiger partial charge in [0, 0.05) is 11.3 Å². The van der Waals surface area contributed by atoms with Gasteiger partial charge in [-0.05, 0) is 30.5 Å². The zero-order chi connectivity index (χ0) is 15.7. The van der Waals surface area contributed by atoms with Crippen LogP contribution in [0.25, 0.3) is 0 Å². The molecule has 7 heteroatoms. The third-order valence-electron chi connectivity index (χ3n) is 3.93. The summed E-state index contributed by atoms with van der Waals surface area (Å²) < 4.78 is 48.9. The Labute approximate surface area is 131 Å². The number of hydrogen-bond donors (Lipinski definition) is 0. The molecule has 0 spiro atoms. The van der Waals surface area contributed by atoms with Gasteiger partial charge in [0.25, 0.3) is 0 Å². The van der Waals surface area contributed by atoms with Gasteiger partial charge in [-0.2, -0.15) is 0 Å². The lowest BCUT2D eigenvalue weighted by Crippen LogP contribution is -2.42. The maximum Gasteiger partial charge on any atom is 0.158 e. The molecule has 118 valence electrons. The molecule has 0 N–H and O–H groups in total. The van der Waals surface area contributed by atoms with Crippen LogP contribution in [0.1, 0.15) is 31.2 Å². The van der Waals surface area contributed by atoms with Crippen molar-refractivity contribution in [2.24, 2.45) is 0 Å². The number of rotatable bonds is 4. The summed E-state index contributed by atoms with van der Waals surface area (Å²) in [6, 6.07) is 6.61. The maximum atomic E-state index is 12.6. The van der Waals surface area contributed by atoms with E-state index < -0.39 is 30.2 Å². The second-order valence-electron chi connectivity index (χ2n) is 5.62. The molecule has 1 saturated carbocycles. The lowest BCUT2D eigenvalue weighted by Gasteiger charge is -2.29. The standard InChI is InChI=1S/C14H19ClO4S2/c1-20(16,17)13-4-2-3-5-14(13)21(18,19)10-11-6-8-12(15)9-7-11/h6-9,13-14H,2-5,10H2,1H3/t13-,14+/m1/s1. The first-order valence-electron chi connectivity index (χ1n) is 6.85. The molecule has 0 heterocycles. The molecule has 1 aromatic carbocycles. The first-order valence-corrected chi connectivity index (χ1v) is 10.9. The van der Waals surface area contributed by atoms with Gasteiger partial charge in [0.05, 0.1) is 16.3 Å². The topological polar surface area (TPSA) is 68.3 Å². The van der Waals surface area contributed by atoms with E-state index in [4.69, 9.17) is 11.6 Å². The quantitative estimate of drug-likeness (QED) is 0.837. The molecule has 1 fully saturated rings. The summed E-state index contributed by atoms with van der Waals surface area (Å²) in [6.07, 6.45) is 3.52. The molecule has 0 unspecified atom stereocenters. The molecular formula is C14H19ClO4S2. The molecule has 1 aromatic rings. The molecule has 2 rings (SSSR count). The Morgan fingerprint density at radius 1 is 1.00 bits per heavy atom. The smallest absolute Gasteiger partial charge is 0.158 e. The van der Waals surface area contributed by atoms with Crippen molar-refractivity contribution in [2.45, 2.75) is 41.9 Å². The van der Waals surface area contributed by atoms with E-state index in [0.717, 1.165) is 19.1 Å². The lowest BCUT2D eigenvalue weighted by atomic mass is 10.00. The van der Waals surface area contributed by atoms with Crippen LogP contribution in [0.4, 0.5) is 0 Å². The molecule has 0 amide bonds. The van der Waals surface area contributed by atoms with E-state index in [1.165, 1.54) is 0 Å². The predicted octanol–water partition coefficient (Wildman–Crippen LogP) is 2.61. The van der Waals surface area contributed by atoms with E-state index in [2.05, 4.69) is 0 Å². The molecule has 1 aliphatic rings. The summed E-state index contributed by atoms with van der Waals surface area (Å²) in [7, 11) is -6.86. The average Bonchev–Trinajstić information content (AvgIpc) is 2.40. The largest absolute Gasteiger partial charge is 0.229 e. The minimum Gasteiger partial charge on any atom is -0.229 e. The van der Waals surface area contributed by atoms with Gasteiger partial charge in [-0.1, -0.05) is 36.6 Å². The van der Waals surface area contributed by atoms with E-state index in [9.17, 15) is 16.8 Å². The van der Waals surface area contributed by atoms with Crippen molar-refractivity contribution in [1.29, 1.82) is 0 Å². The number of sulfone groups is 2. The Hall–Kier alpha value is -0.590. The highest BCUT2D eigenvalue weighted by molar-refractivity contribution is 7.95. The van der Waals surface area contributed by atoms with Gasteiger partial charge in [-0.3, -0.25) is 0 Å². The minimum absolute atomic E-state index is 0.138. The lowest BCUT2D eigenvalue weighted by molar-refractivity contribution is 0.471. The monoisotopic (exact) mass is 350 g/mol. The van der Waals surface area contributed by atoms with E-state index in [0.29, 0.717) is 23.4 Å². The van der Waals surface area contributed by atoms with Gasteiger partial charge < -0.3 is 0 Å². The van der Waals surface area contributed by atoms with Gasteiger partial charge in [-0.25, -0.2) is 16.8 Å². The fourth-order valence-corrected chi connectivity index (χ4v) is 7.40. The molecular weight excluding hydrogens is 332 g/mol. The molecule has 0 bridgehead atoms. The average molecular weight is 351 g/mol. The summed E-state index contributed by atoms with van der Waals surface area (Å²) >= 11 is 5.79. The summed E-state index contributed by atoms with van der Waals surface area (Å²) in [6.45, 7) is 0. The van der Waals surface area contributed by atoms with Crippen molar-refractivity contribution < 1.29 is 16.8 Å². The van der Waals surface area contributed by atoms with Crippen LogP contribution >= 0.6 is 11.6 Å². The van der Waals surface area contributed by atoms with Gasteiger partial charge in [0.1, 0.15) is 0 Å². The van der Waals surface area contributed by atoms with Crippen LogP contribution in [0.2, 0.25) is 5.02 Å². The Morgan fingerprint density at radius 3 is 2.05 bits per heavy atom. The highest BCUT2D eigenvalue weighted by Gasteiger charge is 2.40. The SMILES string of the molecule is CS(=O)(=O)[C@@H]1CCCC[C@@H]1S(=O)(=O)Cc1ccc(Cl)cc1. The minimum atomic E-state index is -3.50. The summed E-state index contributed by atoms with van der Waals surface area (Å²) in [4.78, 5) is 0. The van der Waals surface area contributed by atoms with Gasteiger partial charge in [0.2, 0.25) is 0 Å². The fraction of sp³-hybridized carbons (Fsp3) is 0.571. The highest BCUT2D eigenvalue weighted by atomic mass is 35.5. The zero-order valence-electron chi connectivity index (χ0n) is 11.8. The molecule has 4 nitrogen and oxygen atoms in total. The summed E-state index contributed by atoms with van der Waals surface area (Å²) in [5.41, 5.74) is 0.636. The van der Waals surface area contributed by atoms with Crippen molar-refractivity contribution in [3.8, 4) is 0 Å². The van der Waals surface area contributed by atoms with Crippen LogP contribution < -0.4 is 0 Å². The number of hydrogen-bond acceptors (Lipinski definition) is 4. The van der Waals surface area contributed by atoms with Gasteiger partial charge in [0.15, 0.2) is 19.7 Å². The van der Waals surface area contributed by atoms with Crippen molar-refractivity contribution >= 4 is 31.3 Å². The summed E-state index contributed by atoms with van der Waals surface area (Å²) in [5.74, 6) is -0.138. The molecule has 1 aliphatic carbocycles. The van der Waals surface area contributed by atoms with Gasteiger partial charge >= 0.3 is 0 Å². The van der Waals surface area contributed by atoms with Crippen LogP contribution in [-0.4, -0.2) is 33.6 Å². The third kappa shape index (κ3) is 4.20. The first kappa shape index (κ1) is 16.8. The van der Waals surface area contributed by atoms with Crippen LogP contribution in [0, 0.1) is 0 Å². The fourth-order valence-electron chi connectivity index (χ4n) is 2.88. The molecule has 0 radical (unpaired) electrons. The molecule has 21 heavy (non-hydrogen) atoms. The van der Waals surface area contributed by atoms with Crippen LogP contribution in [0.5, 0.6) is 0 Å². The maximum absolute atomic E-state index is 12.6. The van der Waals surface area contributed by atoms with Crippen LogP contribution in [-0.2, 0) is 25.4 Å². The Kier molecular flexibility index (Phi) is 5.00. The summed E-state index contributed by atoms with van der Waals surface area (Å²) in [5, 5.41) is -1.02. The van der Waals surface area contributed by atoms with Crippen molar-refractivity contribution in [1.82, 2.24) is 0 Å². The van der Waals surface area contributed by atoms with E-state index in [1.54, 1.807) is 24.3 Å². The second kappa shape index (κ2) is 6.26. The number of halogens is 1. The van der Waals surface area contributed by atoms with E-state index in [1.807, 2.05) is 0 Å². The zero-order valence-corrected chi connectivity index (χ0v) is 14.2. The molecule has 0 saturated heterocycles. The Morgan fingerprint density at radius 2 is 1.52 bits per heavy atom. The van der Waals surface area contributed by atoms with Crippen LogP contribution in [0.15, 0.2) is 24.3 Å². The highest BCUT2D eigenvalue weighted by Crippen LogP contribution is 2.31. The molecule has 0 aliphatic heterocycles. The van der Waals surface area contributed by atoms with Crippen molar-refractivity contribution in [3.05, 3.63) is 34.9 Å². The third-order valence-corrected chi connectivity index (χ3v) is 8.25. The predicted molar refractivity (Wildman–Crippen MR) is 85.0 cm³/mol.